The van der Waals surface area contributed by atoms with Crippen molar-refractivity contribution in [3.63, 3.8) is 0 Å². The normalized spacial score (nSPS) is 17.1. The lowest BCUT2D eigenvalue weighted by atomic mass is 9.94. The zero-order chi connectivity index (χ0) is 24.9. The molecule has 0 radical (unpaired) electrons. The first-order valence-electron chi connectivity index (χ1n) is 11.6. The van der Waals surface area contributed by atoms with E-state index in [2.05, 4.69) is 11.9 Å². The lowest BCUT2D eigenvalue weighted by Gasteiger charge is -2.25. The molecular formula is C28H27FN2O4. The zero-order valence-electron chi connectivity index (χ0n) is 19.7. The first-order chi connectivity index (χ1) is 16.9. The SMILES string of the molecule is CCCCOc1ccc(C(O)=C2C(=O)C(=O)N(Cc3cccnc3)C2c2ccc(F)cc2)cc1C. The number of hydrogen-bond acceptors (Lipinski definition) is 5. The largest absolute Gasteiger partial charge is 0.507 e. The van der Waals surface area contributed by atoms with Crippen molar-refractivity contribution >= 4 is 17.4 Å². The van der Waals surface area contributed by atoms with Crippen LogP contribution in [0.25, 0.3) is 5.76 Å². The van der Waals surface area contributed by atoms with E-state index in [1.807, 2.05) is 6.92 Å². The van der Waals surface area contributed by atoms with E-state index in [0.29, 0.717) is 23.5 Å². The number of likely N-dealkylation sites (tertiary alicyclic amines) is 1. The molecule has 1 amide bonds. The number of ether oxygens (including phenoxy) is 1. The van der Waals surface area contributed by atoms with Crippen LogP contribution in [0, 0.1) is 12.7 Å². The first-order valence-corrected chi connectivity index (χ1v) is 11.6. The predicted molar refractivity (Wildman–Crippen MR) is 130 cm³/mol. The Morgan fingerprint density at radius 2 is 1.91 bits per heavy atom. The Bertz CT molecular complexity index is 1260. The van der Waals surface area contributed by atoms with Crippen LogP contribution in [0.3, 0.4) is 0 Å². The van der Waals surface area contributed by atoms with Gasteiger partial charge in [-0.3, -0.25) is 14.6 Å². The van der Waals surface area contributed by atoms with Gasteiger partial charge in [-0.15, -0.1) is 0 Å². The van der Waals surface area contributed by atoms with Crippen molar-refractivity contribution in [3.05, 3.63) is 101 Å². The highest BCUT2D eigenvalue weighted by atomic mass is 19.1. The number of benzene rings is 2. The molecule has 1 unspecified atom stereocenters. The number of aryl methyl sites for hydroxylation is 1. The quantitative estimate of drug-likeness (QED) is 0.207. The molecule has 0 aliphatic carbocycles. The van der Waals surface area contributed by atoms with Crippen molar-refractivity contribution in [2.24, 2.45) is 0 Å². The fourth-order valence-electron chi connectivity index (χ4n) is 4.16. The molecule has 3 aromatic rings. The van der Waals surface area contributed by atoms with E-state index in [9.17, 15) is 19.1 Å². The lowest BCUT2D eigenvalue weighted by molar-refractivity contribution is -0.140. The van der Waals surface area contributed by atoms with Gasteiger partial charge in [0.2, 0.25) is 0 Å². The minimum absolute atomic E-state index is 0.0375. The van der Waals surface area contributed by atoms with Gasteiger partial charge in [-0.25, -0.2) is 4.39 Å². The van der Waals surface area contributed by atoms with Crippen molar-refractivity contribution in [1.29, 1.82) is 0 Å². The number of ketones is 1. The average molecular weight is 475 g/mol. The van der Waals surface area contributed by atoms with Gasteiger partial charge in [0, 0.05) is 24.5 Å². The van der Waals surface area contributed by atoms with Crippen LogP contribution in [0.4, 0.5) is 4.39 Å². The second kappa shape index (κ2) is 10.5. The fraction of sp³-hybridized carbons (Fsp3) is 0.250. The molecule has 6 nitrogen and oxygen atoms in total. The molecule has 1 fully saturated rings. The highest BCUT2D eigenvalue weighted by Gasteiger charge is 2.46. The number of aliphatic hydroxyl groups excluding tert-OH is 1. The summed E-state index contributed by atoms with van der Waals surface area (Å²) < 4.78 is 19.4. The molecule has 1 N–H and O–H groups in total. The van der Waals surface area contributed by atoms with E-state index in [1.54, 1.807) is 42.7 Å². The number of nitrogens with zero attached hydrogens (tertiary/aromatic N) is 2. The second-order valence-corrected chi connectivity index (χ2v) is 8.52. The molecule has 1 saturated heterocycles. The van der Waals surface area contributed by atoms with Crippen LogP contribution in [-0.2, 0) is 16.1 Å². The Morgan fingerprint density at radius 1 is 1.14 bits per heavy atom. The van der Waals surface area contributed by atoms with Gasteiger partial charge >= 0.3 is 0 Å². The third kappa shape index (κ3) is 5.09. The minimum Gasteiger partial charge on any atom is -0.507 e. The summed E-state index contributed by atoms with van der Waals surface area (Å²) in [7, 11) is 0. The topological polar surface area (TPSA) is 79.7 Å². The molecule has 35 heavy (non-hydrogen) atoms. The zero-order valence-corrected chi connectivity index (χ0v) is 19.7. The van der Waals surface area contributed by atoms with Gasteiger partial charge in [0.25, 0.3) is 11.7 Å². The summed E-state index contributed by atoms with van der Waals surface area (Å²) in [5.74, 6) is -1.55. The number of halogens is 1. The van der Waals surface area contributed by atoms with Crippen molar-refractivity contribution in [3.8, 4) is 5.75 Å². The number of rotatable bonds is 8. The molecule has 7 heteroatoms. The Labute approximate surface area is 203 Å². The fourth-order valence-corrected chi connectivity index (χ4v) is 4.16. The van der Waals surface area contributed by atoms with Crippen LogP contribution >= 0.6 is 0 Å². The number of hydrogen-bond donors (Lipinski definition) is 1. The number of Topliss-reactive ketones (excluding diaryl/α,β-unsaturated/α-hetero) is 1. The van der Waals surface area contributed by atoms with Crippen LogP contribution in [-0.4, -0.2) is 33.3 Å². The van der Waals surface area contributed by atoms with E-state index < -0.39 is 23.5 Å². The molecular weight excluding hydrogens is 447 g/mol. The van der Waals surface area contributed by atoms with Crippen LogP contribution in [0.1, 0.15) is 48.1 Å². The summed E-state index contributed by atoms with van der Waals surface area (Å²) in [5, 5.41) is 11.3. The summed E-state index contributed by atoms with van der Waals surface area (Å²) in [6.45, 7) is 4.64. The number of carbonyl (C=O) groups is 2. The van der Waals surface area contributed by atoms with Gasteiger partial charge in [-0.2, -0.15) is 0 Å². The van der Waals surface area contributed by atoms with Gasteiger partial charge < -0.3 is 14.7 Å². The average Bonchev–Trinajstić information content (AvgIpc) is 3.10. The van der Waals surface area contributed by atoms with Crippen molar-refractivity contribution in [1.82, 2.24) is 9.88 Å². The number of pyridine rings is 1. The van der Waals surface area contributed by atoms with Gasteiger partial charge in [0.1, 0.15) is 17.3 Å². The van der Waals surface area contributed by atoms with Crippen molar-refractivity contribution < 1.29 is 23.8 Å². The summed E-state index contributed by atoms with van der Waals surface area (Å²) in [6, 6.07) is 13.4. The molecule has 2 heterocycles. The third-order valence-electron chi connectivity index (χ3n) is 6.01. The van der Waals surface area contributed by atoms with Crippen LogP contribution in [0.15, 0.2) is 72.6 Å². The van der Waals surface area contributed by atoms with E-state index in [0.717, 1.165) is 24.0 Å². The van der Waals surface area contributed by atoms with E-state index >= 15 is 0 Å². The molecule has 4 rings (SSSR count). The number of unbranched alkanes of at least 4 members (excludes halogenated alkanes) is 1. The molecule has 1 aromatic heterocycles. The standard InChI is InChI=1S/C28H27FN2O4/c1-3-4-14-35-23-12-9-21(15-18(23)2)26(32)24-25(20-7-10-22(29)11-8-20)31(28(34)27(24)33)17-19-6-5-13-30-16-19/h5-13,15-16,25,32H,3-4,14,17H2,1-2H3. The molecule has 1 aliphatic rings. The molecule has 2 aromatic carbocycles. The molecule has 1 aliphatic heterocycles. The second-order valence-electron chi connectivity index (χ2n) is 8.52. The molecule has 1 atom stereocenters. The molecule has 0 spiro atoms. The Balaban J connectivity index is 1.77. The first kappa shape index (κ1) is 24.1. The Morgan fingerprint density at radius 3 is 2.57 bits per heavy atom. The third-order valence-corrected chi connectivity index (χ3v) is 6.01. The summed E-state index contributed by atoms with van der Waals surface area (Å²) in [5.41, 5.74) is 2.41. The number of aromatic nitrogens is 1. The summed E-state index contributed by atoms with van der Waals surface area (Å²) in [6.07, 6.45) is 5.18. The smallest absolute Gasteiger partial charge is 0.295 e. The maximum Gasteiger partial charge on any atom is 0.295 e. The number of amides is 1. The summed E-state index contributed by atoms with van der Waals surface area (Å²) >= 11 is 0. The van der Waals surface area contributed by atoms with Crippen molar-refractivity contribution in [2.45, 2.75) is 39.3 Å². The van der Waals surface area contributed by atoms with E-state index in [1.165, 1.54) is 29.2 Å². The van der Waals surface area contributed by atoms with Crippen LogP contribution < -0.4 is 4.74 Å². The molecule has 0 bridgehead atoms. The highest BCUT2D eigenvalue weighted by Crippen LogP contribution is 2.40. The van der Waals surface area contributed by atoms with Crippen molar-refractivity contribution in [2.75, 3.05) is 6.61 Å². The molecule has 0 saturated carbocycles. The number of carbonyl (C=O) groups excluding carboxylic acids is 2. The lowest BCUT2D eigenvalue weighted by Crippen LogP contribution is -2.29. The maximum absolute atomic E-state index is 13.7. The summed E-state index contributed by atoms with van der Waals surface area (Å²) in [4.78, 5) is 31.7. The predicted octanol–water partition coefficient (Wildman–Crippen LogP) is 5.33. The van der Waals surface area contributed by atoms with Crippen LogP contribution in [0.5, 0.6) is 5.75 Å². The number of aliphatic hydroxyl groups is 1. The Kier molecular flexibility index (Phi) is 7.25. The monoisotopic (exact) mass is 474 g/mol. The highest BCUT2D eigenvalue weighted by molar-refractivity contribution is 6.46. The van der Waals surface area contributed by atoms with Gasteiger partial charge in [0.05, 0.1) is 18.2 Å². The van der Waals surface area contributed by atoms with Gasteiger partial charge in [-0.05, 0) is 66.4 Å². The molecule has 180 valence electrons. The van der Waals surface area contributed by atoms with Gasteiger partial charge in [-0.1, -0.05) is 31.5 Å². The van der Waals surface area contributed by atoms with Crippen LogP contribution in [0.2, 0.25) is 0 Å². The maximum atomic E-state index is 13.7. The van der Waals surface area contributed by atoms with Gasteiger partial charge in [0.15, 0.2) is 0 Å². The van der Waals surface area contributed by atoms with E-state index in [-0.39, 0.29) is 17.9 Å². The minimum atomic E-state index is -0.878. The van der Waals surface area contributed by atoms with E-state index in [4.69, 9.17) is 4.74 Å². The Hall–Kier alpha value is -4.00.